The van der Waals surface area contributed by atoms with Gasteiger partial charge in [0.05, 0.1) is 4.90 Å². The summed E-state index contributed by atoms with van der Waals surface area (Å²) in [6.45, 7) is 0. The molecule has 0 aliphatic heterocycles. The van der Waals surface area contributed by atoms with Crippen molar-refractivity contribution in [3.8, 4) is 0 Å². The number of nitrogens with one attached hydrogen (secondary N) is 1. The first kappa shape index (κ1) is 17.4. The van der Waals surface area contributed by atoms with E-state index < -0.39 is 15.7 Å². The summed E-state index contributed by atoms with van der Waals surface area (Å²) >= 11 is 0. The van der Waals surface area contributed by atoms with Crippen molar-refractivity contribution in [1.82, 2.24) is 5.43 Å². The summed E-state index contributed by atoms with van der Waals surface area (Å²) in [5.74, 6) is -0.488. The molecule has 132 valence electrons. The van der Waals surface area contributed by atoms with Crippen LogP contribution in [0.4, 0.5) is 0 Å². The van der Waals surface area contributed by atoms with Gasteiger partial charge in [-0.1, -0.05) is 24.6 Å². The van der Waals surface area contributed by atoms with E-state index in [2.05, 4.69) is 10.5 Å². The van der Waals surface area contributed by atoms with Crippen LogP contribution in [0.1, 0.15) is 48.4 Å². The lowest BCUT2D eigenvalue weighted by molar-refractivity contribution is 0.0925. The van der Waals surface area contributed by atoms with Crippen LogP contribution in [0.2, 0.25) is 0 Å². The molecule has 1 saturated carbocycles. The fourth-order valence-electron chi connectivity index (χ4n) is 2.73. The summed E-state index contributed by atoms with van der Waals surface area (Å²) in [6.07, 6.45) is 5.19. The third-order valence-electron chi connectivity index (χ3n) is 4.07. The maximum Gasteiger partial charge on any atom is 0.307 e. The molecular weight excluding hydrogens is 340 g/mol. The first-order valence-electron chi connectivity index (χ1n) is 8.27. The van der Waals surface area contributed by atoms with E-state index in [1.54, 1.807) is 18.2 Å². The molecule has 1 amide bonds. The number of benzene rings is 1. The molecule has 1 N–H and O–H groups in total. The molecular formula is C18H20N2O4S. The molecule has 25 heavy (non-hydrogen) atoms. The van der Waals surface area contributed by atoms with E-state index in [-0.39, 0.29) is 22.2 Å². The first-order valence-corrected chi connectivity index (χ1v) is 9.92. The molecule has 0 saturated heterocycles. The zero-order valence-electron chi connectivity index (χ0n) is 13.8. The standard InChI is InChI=1S/C18H20N2O4S/c21-18(20-19-14-7-3-1-4-8-14)17-12-11-15(24-17)13-25(22,23)16-9-5-2-6-10-16/h2,5-6,9-12H,1,3-4,7-8,13H2,(H,20,21). The third-order valence-corrected chi connectivity index (χ3v) is 5.72. The van der Waals surface area contributed by atoms with Crippen molar-refractivity contribution in [3.63, 3.8) is 0 Å². The zero-order valence-corrected chi connectivity index (χ0v) is 14.6. The van der Waals surface area contributed by atoms with E-state index in [0.29, 0.717) is 0 Å². The van der Waals surface area contributed by atoms with Crippen molar-refractivity contribution >= 4 is 21.5 Å². The SMILES string of the molecule is O=C(NN=C1CCCCC1)c1ccc(CS(=O)(=O)c2ccccc2)o1. The average molecular weight is 360 g/mol. The molecule has 0 bridgehead atoms. The minimum Gasteiger partial charge on any atom is -0.455 e. The Balaban J connectivity index is 1.65. The van der Waals surface area contributed by atoms with E-state index in [9.17, 15) is 13.2 Å². The van der Waals surface area contributed by atoms with Crippen molar-refractivity contribution in [2.45, 2.75) is 42.8 Å². The highest BCUT2D eigenvalue weighted by Gasteiger charge is 2.19. The second-order valence-corrected chi connectivity index (χ2v) is 8.01. The highest BCUT2D eigenvalue weighted by molar-refractivity contribution is 7.90. The lowest BCUT2D eigenvalue weighted by Gasteiger charge is -2.11. The van der Waals surface area contributed by atoms with E-state index in [1.165, 1.54) is 30.7 Å². The van der Waals surface area contributed by atoms with Crippen LogP contribution in [0.5, 0.6) is 0 Å². The topological polar surface area (TPSA) is 88.7 Å². The smallest absolute Gasteiger partial charge is 0.307 e. The molecule has 1 aliphatic carbocycles. The largest absolute Gasteiger partial charge is 0.455 e. The zero-order chi connectivity index (χ0) is 17.7. The number of carbonyl (C=O) groups is 1. The number of hydrogen-bond acceptors (Lipinski definition) is 5. The molecule has 2 aromatic rings. The molecule has 0 spiro atoms. The van der Waals surface area contributed by atoms with E-state index >= 15 is 0 Å². The quantitative estimate of drug-likeness (QED) is 0.829. The fourth-order valence-corrected chi connectivity index (χ4v) is 4.00. The number of nitrogens with zero attached hydrogens (tertiary/aromatic N) is 1. The van der Waals surface area contributed by atoms with Crippen LogP contribution >= 0.6 is 0 Å². The molecule has 6 nitrogen and oxygen atoms in total. The van der Waals surface area contributed by atoms with Crippen LogP contribution in [-0.4, -0.2) is 20.0 Å². The number of amides is 1. The summed E-state index contributed by atoms with van der Waals surface area (Å²) in [5, 5.41) is 4.13. The summed E-state index contributed by atoms with van der Waals surface area (Å²) in [5.41, 5.74) is 3.47. The number of carbonyl (C=O) groups excluding carboxylic acids is 1. The van der Waals surface area contributed by atoms with Gasteiger partial charge in [-0.15, -0.1) is 0 Å². The van der Waals surface area contributed by atoms with Crippen molar-refractivity contribution in [1.29, 1.82) is 0 Å². The Bertz CT molecular complexity index is 861. The van der Waals surface area contributed by atoms with Gasteiger partial charge >= 0.3 is 5.91 Å². The average Bonchev–Trinajstić information content (AvgIpc) is 3.09. The van der Waals surface area contributed by atoms with Crippen LogP contribution < -0.4 is 5.43 Å². The number of hydrazone groups is 1. The maximum atomic E-state index is 12.3. The number of furan rings is 1. The highest BCUT2D eigenvalue weighted by atomic mass is 32.2. The van der Waals surface area contributed by atoms with Gasteiger partial charge < -0.3 is 4.42 Å². The summed E-state index contributed by atoms with van der Waals surface area (Å²) in [7, 11) is -3.51. The van der Waals surface area contributed by atoms with Crippen LogP contribution in [0, 0.1) is 0 Å². The second-order valence-electron chi connectivity index (χ2n) is 6.02. The number of rotatable bonds is 5. The molecule has 1 aromatic carbocycles. The summed E-state index contributed by atoms with van der Waals surface area (Å²) < 4.78 is 30.0. The van der Waals surface area contributed by atoms with Gasteiger partial charge in [-0.25, -0.2) is 13.8 Å². The van der Waals surface area contributed by atoms with Crippen molar-refractivity contribution in [2.75, 3.05) is 0 Å². The van der Waals surface area contributed by atoms with Gasteiger partial charge in [0, 0.05) is 5.71 Å². The number of sulfone groups is 1. The highest BCUT2D eigenvalue weighted by Crippen LogP contribution is 2.18. The second kappa shape index (κ2) is 7.65. The van der Waals surface area contributed by atoms with Gasteiger partial charge in [0.1, 0.15) is 11.5 Å². The normalized spacial score (nSPS) is 15.0. The first-order chi connectivity index (χ1) is 12.0. The molecule has 1 fully saturated rings. The molecule has 1 heterocycles. The molecule has 0 unspecified atom stereocenters. The van der Waals surface area contributed by atoms with Crippen molar-refractivity contribution < 1.29 is 17.6 Å². The van der Waals surface area contributed by atoms with Crippen LogP contribution in [0.3, 0.4) is 0 Å². The lowest BCUT2D eigenvalue weighted by atomic mass is 9.99. The van der Waals surface area contributed by atoms with Gasteiger partial charge in [0.2, 0.25) is 0 Å². The Kier molecular flexibility index (Phi) is 5.33. The van der Waals surface area contributed by atoms with Gasteiger partial charge in [0.15, 0.2) is 15.6 Å². The predicted octanol–water partition coefficient (Wildman–Crippen LogP) is 3.30. The van der Waals surface area contributed by atoms with Crippen molar-refractivity contribution in [2.24, 2.45) is 5.10 Å². The van der Waals surface area contributed by atoms with E-state index in [0.717, 1.165) is 31.4 Å². The third kappa shape index (κ3) is 4.57. The van der Waals surface area contributed by atoms with Gasteiger partial charge in [0.25, 0.3) is 0 Å². The monoisotopic (exact) mass is 360 g/mol. The van der Waals surface area contributed by atoms with Gasteiger partial charge in [-0.3, -0.25) is 4.79 Å². The Morgan fingerprint density at radius 3 is 2.48 bits per heavy atom. The predicted molar refractivity (Wildman–Crippen MR) is 94.0 cm³/mol. The van der Waals surface area contributed by atoms with Crippen LogP contribution in [0.15, 0.2) is 56.9 Å². The fraction of sp³-hybridized carbons (Fsp3) is 0.333. The summed E-state index contributed by atoms with van der Waals surface area (Å²) in [6, 6.07) is 11.1. The summed E-state index contributed by atoms with van der Waals surface area (Å²) in [4.78, 5) is 12.3. The van der Waals surface area contributed by atoms with Gasteiger partial charge in [-0.2, -0.15) is 5.10 Å². The minimum absolute atomic E-state index is 0.0541. The van der Waals surface area contributed by atoms with Gasteiger partial charge in [-0.05, 0) is 49.9 Å². The molecule has 1 aliphatic rings. The van der Waals surface area contributed by atoms with Crippen LogP contribution in [0.25, 0.3) is 0 Å². The molecule has 0 radical (unpaired) electrons. The molecule has 0 atom stereocenters. The van der Waals surface area contributed by atoms with Crippen molar-refractivity contribution in [3.05, 3.63) is 54.0 Å². The molecule has 3 rings (SSSR count). The Morgan fingerprint density at radius 1 is 1.04 bits per heavy atom. The lowest BCUT2D eigenvalue weighted by Crippen LogP contribution is -2.20. The number of hydrogen-bond donors (Lipinski definition) is 1. The Morgan fingerprint density at radius 2 is 1.76 bits per heavy atom. The van der Waals surface area contributed by atoms with E-state index in [4.69, 9.17) is 4.42 Å². The Hall–Kier alpha value is -2.41. The molecule has 1 aromatic heterocycles. The Labute approximate surface area is 146 Å². The van der Waals surface area contributed by atoms with Crippen LogP contribution in [-0.2, 0) is 15.6 Å². The molecule has 7 heteroatoms. The maximum absolute atomic E-state index is 12.3. The van der Waals surface area contributed by atoms with E-state index in [1.807, 2.05) is 0 Å². The minimum atomic E-state index is -3.51.